The predicted molar refractivity (Wildman–Crippen MR) is 69.9 cm³/mol. The van der Waals surface area contributed by atoms with Crippen molar-refractivity contribution in [3.63, 3.8) is 0 Å². The van der Waals surface area contributed by atoms with Gasteiger partial charge in [-0.1, -0.05) is 12.8 Å². The zero-order chi connectivity index (χ0) is 16.2. The van der Waals surface area contributed by atoms with Gasteiger partial charge in [-0.25, -0.2) is 4.79 Å². The number of carboxylic acid groups (broad SMARTS) is 1. The molecule has 0 atom stereocenters. The fourth-order valence-corrected chi connectivity index (χ4v) is 2.54. The molecule has 1 aliphatic carbocycles. The molecule has 122 valence electrons. The summed E-state index contributed by atoms with van der Waals surface area (Å²) in [6.07, 6.45) is -1.53. The van der Waals surface area contributed by atoms with Crippen molar-refractivity contribution in [2.75, 3.05) is 13.1 Å². The number of carbonyl (C=O) groups is 2. The number of rotatable bonds is 5. The van der Waals surface area contributed by atoms with E-state index in [1.54, 1.807) is 0 Å². The van der Waals surface area contributed by atoms with Crippen molar-refractivity contribution in [1.29, 1.82) is 0 Å². The first-order chi connectivity index (χ1) is 9.61. The van der Waals surface area contributed by atoms with Crippen LogP contribution in [0.4, 0.5) is 18.0 Å². The minimum absolute atomic E-state index is 0.289. The maximum Gasteiger partial charge on any atom is 0.406 e. The van der Waals surface area contributed by atoms with Crippen molar-refractivity contribution in [1.82, 2.24) is 9.80 Å². The first kappa shape index (κ1) is 17.6. The molecule has 2 amide bonds. The van der Waals surface area contributed by atoms with Crippen molar-refractivity contribution < 1.29 is 27.9 Å². The van der Waals surface area contributed by atoms with Gasteiger partial charge in [0, 0.05) is 12.1 Å². The third-order valence-corrected chi connectivity index (χ3v) is 3.54. The third-order valence-electron chi connectivity index (χ3n) is 3.54. The summed E-state index contributed by atoms with van der Waals surface area (Å²) in [5, 5.41) is 8.91. The van der Waals surface area contributed by atoms with Crippen LogP contribution in [0.2, 0.25) is 0 Å². The molecule has 1 saturated carbocycles. The SMILES string of the molecule is CC(C)N(CC(F)(F)F)C(=O)N(CC(=O)O)C1CCCC1. The molecule has 21 heavy (non-hydrogen) atoms. The molecular formula is C13H21F3N2O3. The smallest absolute Gasteiger partial charge is 0.406 e. The van der Waals surface area contributed by atoms with Gasteiger partial charge >= 0.3 is 18.2 Å². The maximum atomic E-state index is 12.6. The third kappa shape index (κ3) is 5.43. The van der Waals surface area contributed by atoms with Gasteiger partial charge < -0.3 is 14.9 Å². The van der Waals surface area contributed by atoms with E-state index in [0.717, 1.165) is 17.7 Å². The molecule has 1 rings (SSSR count). The standard InChI is InChI=1S/C13H21F3N2O3/c1-9(2)18(8-13(14,15)16)12(21)17(7-11(19)20)10-5-3-4-6-10/h9-10H,3-8H2,1-2H3,(H,19,20). The first-order valence-electron chi connectivity index (χ1n) is 6.97. The highest BCUT2D eigenvalue weighted by molar-refractivity contribution is 5.80. The Morgan fingerprint density at radius 3 is 2.14 bits per heavy atom. The normalized spacial score (nSPS) is 16.3. The van der Waals surface area contributed by atoms with Gasteiger partial charge in [-0.05, 0) is 26.7 Å². The number of aliphatic carboxylic acids is 1. The van der Waals surface area contributed by atoms with Gasteiger partial charge in [0.1, 0.15) is 13.1 Å². The van der Waals surface area contributed by atoms with Crippen molar-refractivity contribution in [2.45, 2.75) is 57.8 Å². The van der Waals surface area contributed by atoms with Crippen LogP contribution in [0.3, 0.4) is 0 Å². The quantitative estimate of drug-likeness (QED) is 0.849. The largest absolute Gasteiger partial charge is 0.480 e. The van der Waals surface area contributed by atoms with E-state index in [4.69, 9.17) is 5.11 Å². The molecule has 0 bridgehead atoms. The number of carboxylic acids is 1. The minimum atomic E-state index is -4.51. The molecule has 8 heteroatoms. The van der Waals surface area contributed by atoms with E-state index in [2.05, 4.69) is 0 Å². The van der Waals surface area contributed by atoms with E-state index in [9.17, 15) is 22.8 Å². The molecule has 0 saturated heterocycles. The van der Waals surface area contributed by atoms with E-state index in [-0.39, 0.29) is 6.04 Å². The summed E-state index contributed by atoms with van der Waals surface area (Å²) in [4.78, 5) is 25.0. The molecule has 1 N–H and O–H groups in total. The lowest BCUT2D eigenvalue weighted by atomic mass is 10.2. The molecule has 1 aliphatic rings. The number of hydrogen-bond acceptors (Lipinski definition) is 2. The monoisotopic (exact) mass is 310 g/mol. The second-order valence-corrected chi connectivity index (χ2v) is 5.58. The van der Waals surface area contributed by atoms with Crippen LogP contribution in [0.5, 0.6) is 0 Å². The van der Waals surface area contributed by atoms with Crippen LogP contribution in [0, 0.1) is 0 Å². The van der Waals surface area contributed by atoms with Crippen molar-refractivity contribution in [2.24, 2.45) is 0 Å². The Morgan fingerprint density at radius 1 is 1.24 bits per heavy atom. The van der Waals surface area contributed by atoms with Gasteiger partial charge in [-0.2, -0.15) is 13.2 Å². The number of halogens is 3. The van der Waals surface area contributed by atoms with Gasteiger partial charge in [-0.15, -0.1) is 0 Å². The summed E-state index contributed by atoms with van der Waals surface area (Å²) in [5.41, 5.74) is 0. The van der Waals surface area contributed by atoms with Gasteiger partial charge in [0.15, 0.2) is 0 Å². The number of hydrogen-bond donors (Lipinski definition) is 1. The summed E-state index contributed by atoms with van der Waals surface area (Å²) < 4.78 is 37.8. The Balaban J connectivity index is 2.91. The lowest BCUT2D eigenvalue weighted by molar-refractivity contribution is -0.145. The molecule has 1 fully saturated rings. The van der Waals surface area contributed by atoms with Crippen LogP contribution < -0.4 is 0 Å². The number of nitrogens with zero attached hydrogens (tertiary/aromatic N) is 2. The van der Waals surface area contributed by atoms with E-state index in [0.29, 0.717) is 17.7 Å². The molecule has 0 aromatic carbocycles. The fourth-order valence-electron chi connectivity index (χ4n) is 2.54. The Labute approximate surface area is 121 Å². The summed E-state index contributed by atoms with van der Waals surface area (Å²) in [6, 6.07) is -1.79. The average Bonchev–Trinajstić information content (AvgIpc) is 2.84. The van der Waals surface area contributed by atoms with Gasteiger partial charge in [0.2, 0.25) is 0 Å². The highest BCUT2D eigenvalue weighted by Gasteiger charge is 2.38. The number of carbonyl (C=O) groups excluding carboxylic acids is 1. The Morgan fingerprint density at radius 2 is 1.76 bits per heavy atom. The van der Waals surface area contributed by atoms with Crippen LogP contribution in [0.1, 0.15) is 39.5 Å². The lowest BCUT2D eigenvalue weighted by Crippen LogP contribution is -2.53. The zero-order valence-corrected chi connectivity index (χ0v) is 12.2. The molecule has 0 unspecified atom stereocenters. The first-order valence-corrected chi connectivity index (χ1v) is 6.97. The Bertz CT molecular complexity index is 379. The molecule has 0 aromatic rings. The maximum absolute atomic E-state index is 12.6. The van der Waals surface area contributed by atoms with Crippen LogP contribution in [0.25, 0.3) is 0 Å². The fraction of sp³-hybridized carbons (Fsp3) is 0.846. The van der Waals surface area contributed by atoms with E-state index >= 15 is 0 Å². The van der Waals surface area contributed by atoms with E-state index in [1.807, 2.05) is 0 Å². The van der Waals surface area contributed by atoms with Gasteiger partial charge in [0.05, 0.1) is 0 Å². The number of urea groups is 1. The highest BCUT2D eigenvalue weighted by Crippen LogP contribution is 2.26. The topological polar surface area (TPSA) is 60.9 Å². The molecular weight excluding hydrogens is 289 g/mol. The molecule has 0 spiro atoms. The summed E-state index contributed by atoms with van der Waals surface area (Å²) in [7, 11) is 0. The molecule has 0 heterocycles. The van der Waals surface area contributed by atoms with Crippen molar-refractivity contribution >= 4 is 12.0 Å². The number of amides is 2. The minimum Gasteiger partial charge on any atom is -0.480 e. The second-order valence-electron chi connectivity index (χ2n) is 5.58. The van der Waals surface area contributed by atoms with Gasteiger partial charge in [0.25, 0.3) is 0 Å². The Kier molecular flexibility index (Phi) is 5.86. The van der Waals surface area contributed by atoms with Crippen LogP contribution in [-0.4, -0.2) is 58.3 Å². The molecule has 0 aliphatic heterocycles. The zero-order valence-electron chi connectivity index (χ0n) is 12.2. The highest BCUT2D eigenvalue weighted by atomic mass is 19.4. The second kappa shape index (κ2) is 7.00. The van der Waals surface area contributed by atoms with E-state index in [1.165, 1.54) is 13.8 Å². The van der Waals surface area contributed by atoms with Crippen LogP contribution in [-0.2, 0) is 4.79 Å². The summed E-state index contributed by atoms with van der Waals surface area (Å²) in [5.74, 6) is -1.22. The summed E-state index contributed by atoms with van der Waals surface area (Å²) in [6.45, 7) is 1.03. The summed E-state index contributed by atoms with van der Waals surface area (Å²) >= 11 is 0. The van der Waals surface area contributed by atoms with Gasteiger partial charge in [-0.3, -0.25) is 4.79 Å². The Hall–Kier alpha value is -1.47. The van der Waals surface area contributed by atoms with Crippen LogP contribution >= 0.6 is 0 Å². The lowest BCUT2D eigenvalue weighted by Gasteiger charge is -2.36. The molecule has 0 radical (unpaired) electrons. The van der Waals surface area contributed by atoms with E-state index < -0.39 is 37.3 Å². The predicted octanol–water partition coefficient (Wildman–Crippen LogP) is 2.71. The average molecular weight is 310 g/mol. The molecule has 0 aromatic heterocycles. The number of alkyl halides is 3. The van der Waals surface area contributed by atoms with Crippen molar-refractivity contribution in [3.05, 3.63) is 0 Å². The van der Waals surface area contributed by atoms with Crippen molar-refractivity contribution in [3.8, 4) is 0 Å². The van der Waals surface area contributed by atoms with Crippen LogP contribution in [0.15, 0.2) is 0 Å². The molecule has 5 nitrogen and oxygen atoms in total.